The Kier molecular flexibility index (Phi) is 5.68. The Morgan fingerprint density at radius 1 is 1.11 bits per heavy atom. The fraction of sp³-hybridized carbons (Fsp3) is 0.333. The minimum Gasteiger partial charge on any atom is -0.385 e. The number of rotatable bonds is 5. The standard InChI is InChI=1S/C24H26N2O2/c1-28-16-13-22-6-2-3-15-26(22)24(27)19-9-7-18(8-10-19)20-11-12-23-21(17-20)5-4-14-25-23/h4-5,7-12,14,17,22H,2-3,6,13,15-16H2,1H3/t22-/m1/s1. The molecule has 3 aromatic rings. The second-order valence-corrected chi connectivity index (χ2v) is 7.42. The van der Waals surface area contributed by atoms with Gasteiger partial charge < -0.3 is 9.64 Å². The van der Waals surface area contributed by atoms with Crippen molar-refractivity contribution in [2.75, 3.05) is 20.3 Å². The van der Waals surface area contributed by atoms with Crippen molar-refractivity contribution in [1.29, 1.82) is 0 Å². The molecule has 1 atom stereocenters. The zero-order chi connectivity index (χ0) is 19.3. The predicted octanol–water partition coefficient (Wildman–Crippen LogP) is 4.93. The number of benzene rings is 2. The number of fused-ring (bicyclic) bond motifs is 1. The van der Waals surface area contributed by atoms with Gasteiger partial charge in [-0.25, -0.2) is 0 Å². The quantitative estimate of drug-likeness (QED) is 0.636. The lowest BCUT2D eigenvalue weighted by atomic mass is 9.97. The van der Waals surface area contributed by atoms with Crippen LogP contribution in [0, 0.1) is 0 Å². The first-order valence-corrected chi connectivity index (χ1v) is 10.0. The van der Waals surface area contributed by atoms with Crippen molar-refractivity contribution >= 4 is 16.8 Å². The lowest BCUT2D eigenvalue weighted by molar-refractivity contribution is 0.0553. The van der Waals surface area contributed by atoms with E-state index < -0.39 is 0 Å². The molecule has 144 valence electrons. The summed E-state index contributed by atoms with van der Waals surface area (Å²) < 4.78 is 5.23. The Morgan fingerprint density at radius 3 is 2.75 bits per heavy atom. The Morgan fingerprint density at radius 2 is 1.93 bits per heavy atom. The summed E-state index contributed by atoms with van der Waals surface area (Å²) in [6, 6.07) is 18.6. The molecule has 1 fully saturated rings. The maximum Gasteiger partial charge on any atom is 0.254 e. The molecule has 28 heavy (non-hydrogen) atoms. The summed E-state index contributed by atoms with van der Waals surface area (Å²) in [5, 5.41) is 1.12. The van der Waals surface area contributed by atoms with E-state index in [9.17, 15) is 4.79 Å². The average molecular weight is 374 g/mol. The van der Waals surface area contributed by atoms with Gasteiger partial charge in [-0.2, -0.15) is 0 Å². The number of likely N-dealkylation sites (tertiary alicyclic amines) is 1. The van der Waals surface area contributed by atoms with Crippen LogP contribution in [0.2, 0.25) is 0 Å². The fourth-order valence-corrected chi connectivity index (χ4v) is 4.05. The maximum atomic E-state index is 13.1. The number of amides is 1. The highest BCUT2D eigenvalue weighted by atomic mass is 16.5. The molecular formula is C24H26N2O2. The summed E-state index contributed by atoms with van der Waals surface area (Å²) in [5.41, 5.74) is 3.99. The van der Waals surface area contributed by atoms with E-state index in [0.29, 0.717) is 6.61 Å². The highest BCUT2D eigenvalue weighted by molar-refractivity contribution is 5.95. The van der Waals surface area contributed by atoms with E-state index in [2.05, 4.69) is 23.2 Å². The number of piperidine rings is 1. The van der Waals surface area contributed by atoms with Crippen molar-refractivity contribution in [2.45, 2.75) is 31.7 Å². The molecule has 4 rings (SSSR count). The number of nitrogens with zero attached hydrogens (tertiary/aromatic N) is 2. The molecule has 0 spiro atoms. The number of ether oxygens (including phenoxy) is 1. The van der Waals surface area contributed by atoms with Crippen molar-refractivity contribution in [1.82, 2.24) is 9.88 Å². The first kappa shape index (κ1) is 18.6. The molecule has 0 radical (unpaired) electrons. The third-order valence-corrected chi connectivity index (χ3v) is 5.61. The van der Waals surface area contributed by atoms with Crippen molar-refractivity contribution < 1.29 is 9.53 Å². The van der Waals surface area contributed by atoms with E-state index >= 15 is 0 Å². The number of hydrogen-bond donors (Lipinski definition) is 0. The molecule has 0 saturated carbocycles. The van der Waals surface area contributed by atoms with E-state index in [-0.39, 0.29) is 11.9 Å². The number of aromatic nitrogens is 1. The van der Waals surface area contributed by atoms with Gasteiger partial charge in [-0.3, -0.25) is 9.78 Å². The van der Waals surface area contributed by atoms with E-state index in [1.807, 2.05) is 47.5 Å². The Balaban J connectivity index is 1.53. The van der Waals surface area contributed by atoms with Crippen LogP contribution in [0.25, 0.3) is 22.0 Å². The van der Waals surface area contributed by atoms with Gasteiger partial charge in [0.2, 0.25) is 0 Å². The summed E-state index contributed by atoms with van der Waals surface area (Å²) in [6.07, 6.45) is 6.05. The van der Waals surface area contributed by atoms with Crippen LogP contribution in [0.5, 0.6) is 0 Å². The predicted molar refractivity (Wildman–Crippen MR) is 112 cm³/mol. The molecule has 2 heterocycles. The van der Waals surface area contributed by atoms with Crippen molar-refractivity contribution in [3.8, 4) is 11.1 Å². The average Bonchev–Trinajstić information content (AvgIpc) is 2.77. The van der Waals surface area contributed by atoms with Gasteiger partial charge in [0.1, 0.15) is 0 Å². The molecule has 1 aliphatic rings. The number of hydrogen-bond acceptors (Lipinski definition) is 3. The maximum absolute atomic E-state index is 13.1. The minimum atomic E-state index is 0.134. The van der Waals surface area contributed by atoms with E-state index in [1.165, 1.54) is 6.42 Å². The second kappa shape index (κ2) is 8.53. The molecule has 0 bridgehead atoms. The zero-order valence-corrected chi connectivity index (χ0v) is 16.3. The highest BCUT2D eigenvalue weighted by Crippen LogP contribution is 2.26. The van der Waals surface area contributed by atoms with Crippen LogP contribution in [0.1, 0.15) is 36.0 Å². The SMILES string of the molecule is COCC[C@H]1CCCCN1C(=O)c1ccc(-c2ccc3ncccc3c2)cc1. The molecule has 1 amide bonds. The van der Waals surface area contributed by atoms with Crippen LogP contribution in [-0.4, -0.2) is 42.1 Å². The molecule has 1 aromatic heterocycles. The summed E-state index contributed by atoms with van der Waals surface area (Å²) in [4.78, 5) is 19.5. The van der Waals surface area contributed by atoms with Crippen LogP contribution in [-0.2, 0) is 4.74 Å². The van der Waals surface area contributed by atoms with Gasteiger partial charge in [0.05, 0.1) is 5.52 Å². The van der Waals surface area contributed by atoms with E-state index in [4.69, 9.17) is 4.74 Å². The van der Waals surface area contributed by atoms with Crippen LogP contribution in [0.3, 0.4) is 0 Å². The van der Waals surface area contributed by atoms with Crippen LogP contribution >= 0.6 is 0 Å². The van der Waals surface area contributed by atoms with E-state index in [1.54, 1.807) is 7.11 Å². The summed E-state index contributed by atoms with van der Waals surface area (Å²) in [7, 11) is 1.72. The molecule has 1 aliphatic heterocycles. The van der Waals surface area contributed by atoms with Crippen molar-refractivity contribution in [3.63, 3.8) is 0 Å². The van der Waals surface area contributed by atoms with Gasteiger partial charge in [-0.1, -0.05) is 24.3 Å². The smallest absolute Gasteiger partial charge is 0.254 e. The number of pyridine rings is 1. The van der Waals surface area contributed by atoms with Crippen molar-refractivity contribution in [2.24, 2.45) is 0 Å². The fourth-order valence-electron chi connectivity index (χ4n) is 4.05. The molecule has 4 nitrogen and oxygen atoms in total. The third kappa shape index (κ3) is 3.92. The number of methoxy groups -OCH3 is 1. The molecule has 1 saturated heterocycles. The molecule has 0 unspecified atom stereocenters. The lowest BCUT2D eigenvalue weighted by Crippen LogP contribution is -2.44. The van der Waals surface area contributed by atoms with Gasteiger partial charge in [0.15, 0.2) is 0 Å². The largest absolute Gasteiger partial charge is 0.385 e. The highest BCUT2D eigenvalue weighted by Gasteiger charge is 2.27. The first-order valence-electron chi connectivity index (χ1n) is 10.0. The number of carbonyl (C=O) groups is 1. The van der Waals surface area contributed by atoms with Crippen LogP contribution in [0.4, 0.5) is 0 Å². The summed E-state index contributed by atoms with van der Waals surface area (Å²) in [5.74, 6) is 0.134. The van der Waals surface area contributed by atoms with Gasteiger partial charge in [-0.05, 0) is 67.1 Å². The molecule has 2 aromatic carbocycles. The Hall–Kier alpha value is -2.72. The van der Waals surface area contributed by atoms with E-state index in [0.717, 1.165) is 53.4 Å². The van der Waals surface area contributed by atoms with Gasteiger partial charge in [0.25, 0.3) is 5.91 Å². The van der Waals surface area contributed by atoms with Gasteiger partial charge in [0, 0.05) is 43.4 Å². The molecule has 0 aliphatic carbocycles. The summed E-state index contributed by atoms with van der Waals surface area (Å²) in [6.45, 7) is 1.54. The van der Waals surface area contributed by atoms with Crippen LogP contribution < -0.4 is 0 Å². The van der Waals surface area contributed by atoms with Crippen LogP contribution in [0.15, 0.2) is 60.8 Å². The first-order chi connectivity index (χ1) is 13.8. The molecule has 4 heteroatoms. The minimum absolute atomic E-state index is 0.134. The second-order valence-electron chi connectivity index (χ2n) is 7.42. The Labute approximate surface area is 166 Å². The van der Waals surface area contributed by atoms with Crippen molar-refractivity contribution in [3.05, 3.63) is 66.4 Å². The zero-order valence-electron chi connectivity index (χ0n) is 16.3. The monoisotopic (exact) mass is 374 g/mol. The Bertz CT molecular complexity index is 952. The van der Waals surface area contributed by atoms with Gasteiger partial charge in [-0.15, -0.1) is 0 Å². The topological polar surface area (TPSA) is 42.4 Å². The third-order valence-electron chi connectivity index (χ3n) is 5.61. The number of carbonyl (C=O) groups excluding carboxylic acids is 1. The lowest BCUT2D eigenvalue weighted by Gasteiger charge is -2.36. The normalized spacial score (nSPS) is 17.0. The summed E-state index contributed by atoms with van der Waals surface area (Å²) >= 11 is 0. The van der Waals surface area contributed by atoms with Gasteiger partial charge >= 0.3 is 0 Å². The molecular weight excluding hydrogens is 348 g/mol. The molecule has 0 N–H and O–H groups in total.